The van der Waals surface area contributed by atoms with E-state index >= 15 is 0 Å². The SMILES string of the molecule is COCCCN1C(=O)c2oc3ccc(Cl)cc3c(=O)c2C12C(=O)N(Cc1ccccc1C)c1ccccc12. The van der Waals surface area contributed by atoms with Crippen LogP contribution in [-0.2, 0) is 21.6 Å². The minimum Gasteiger partial charge on any atom is -0.450 e. The highest BCUT2D eigenvalue weighted by Crippen LogP contribution is 2.53. The first-order chi connectivity index (χ1) is 18.4. The Morgan fingerprint density at radius 2 is 1.76 bits per heavy atom. The summed E-state index contributed by atoms with van der Waals surface area (Å²) in [5, 5.41) is 0.587. The average Bonchev–Trinajstić information content (AvgIpc) is 3.31. The van der Waals surface area contributed by atoms with Gasteiger partial charge >= 0.3 is 0 Å². The monoisotopic (exact) mass is 528 g/mol. The number of hydrogen-bond donors (Lipinski definition) is 0. The van der Waals surface area contributed by atoms with Crippen LogP contribution in [0.2, 0.25) is 5.02 Å². The van der Waals surface area contributed by atoms with Gasteiger partial charge in [0.1, 0.15) is 5.58 Å². The molecule has 6 rings (SSSR count). The number of benzene rings is 3. The van der Waals surface area contributed by atoms with Crippen LogP contribution in [0.1, 0.15) is 39.2 Å². The molecule has 2 amide bonds. The highest BCUT2D eigenvalue weighted by Gasteiger charge is 2.64. The van der Waals surface area contributed by atoms with Gasteiger partial charge < -0.3 is 19.0 Å². The van der Waals surface area contributed by atoms with Crippen molar-refractivity contribution < 1.29 is 18.7 Å². The average molecular weight is 529 g/mol. The lowest BCUT2D eigenvalue weighted by Gasteiger charge is -2.34. The molecule has 0 fully saturated rings. The first-order valence-electron chi connectivity index (χ1n) is 12.4. The molecule has 1 atom stereocenters. The standard InChI is InChI=1S/C30H25ClN2O5/c1-18-8-3-4-9-19(18)17-32-23-11-6-5-10-22(23)30(29(32)36)25-26(34)21-16-20(31)12-13-24(21)38-27(25)28(35)33(30)14-7-15-37-2/h3-6,8-13,16H,7,14-15,17H2,1-2H3. The molecule has 1 unspecified atom stereocenters. The van der Waals surface area contributed by atoms with Crippen LogP contribution in [0.5, 0.6) is 0 Å². The highest BCUT2D eigenvalue weighted by molar-refractivity contribution is 6.31. The molecule has 2 aliphatic rings. The molecule has 8 heteroatoms. The van der Waals surface area contributed by atoms with Gasteiger partial charge in [-0.1, -0.05) is 54.1 Å². The van der Waals surface area contributed by atoms with Gasteiger partial charge in [0, 0.05) is 30.8 Å². The fourth-order valence-corrected chi connectivity index (χ4v) is 5.92. The first kappa shape index (κ1) is 24.4. The van der Waals surface area contributed by atoms with Crippen molar-refractivity contribution in [2.75, 3.05) is 25.2 Å². The van der Waals surface area contributed by atoms with Gasteiger partial charge in [0.25, 0.3) is 11.8 Å². The van der Waals surface area contributed by atoms with Gasteiger partial charge in [-0.2, -0.15) is 0 Å². The second-order valence-corrected chi connectivity index (χ2v) is 10.1. The van der Waals surface area contributed by atoms with Crippen molar-refractivity contribution in [3.63, 3.8) is 0 Å². The Morgan fingerprint density at radius 3 is 2.55 bits per heavy atom. The Morgan fingerprint density at radius 1 is 1.00 bits per heavy atom. The summed E-state index contributed by atoms with van der Waals surface area (Å²) in [7, 11) is 1.58. The van der Waals surface area contributed by atoms with Crippen molar-refractivity contribution in [2.24, 2.45) is 0 Å². The predicted molar refractivity (Wildman–Crippen MR) is 145 cm³/mol. The second-order valence-electron chi connectivity index (χ2n) is 9.62. The van der Waals surface area contributed by atoms with Crippen LogP contribution in [0.25, 0.3) is 11.0 Å². The van der Waals surface area contributed by atoms with Gasteiger partial charge in [-0.15, -0.1) is 0 Å². The molecule has 192 valence electrons. The van der Waals surface area contributed by atoms with Crippen LogP contribution in [0.3, 0.4) is 0 Å². The van der Waals surface area contributed by atoms with E-state index < -0.39 is 16.9 Å². The number of methoxy groups -OCH3 is 1. The topological polar surface area (TPSA) is 80.1 Å². The lowest BCUT2D eigenvalue weighted by molar-refractivity contribution is -0.126. The van der Waals surface area contributed by atoms with E-state index in [9.17, 15) is 14.4 Å². The lowest BCUT2D eigenvalue weighted by Crippen LogP contribution is -2.53. The molecule has 0 saturated heterocycles. The molecule has 38 heavy (non-hydrogen) atoms. The number of carbonyl (C=O) groups is 2. The lowest BCUT2D eigenvalue weighted by atomic mass is 9.84. The fourth-order valence-electron chi connectivity index (χ4n) is 5.74. The largest absolute Gasteiger partial charge is 0.450 e. The summed E-state index contributed by atoms with van der Waals surface area (Å²) in [6.45, 7) is 2.88. The van der Waals surface area contributed by atoms with E-state index in [2.05, 4.69) is 0 Å². The number of hydrogen-bond acceptors (Lipinski definition) is 5. The van der Waals surface area contributed by atoms with Crippen LogP contribution in [0.15, 0.2) is 75.9 Å². The predicted octanol–water partition coefficient (Wildman–Crippen LogP) is 5.04. The highest BCUT2D eigenvalue weighted by atomic mass is 35.5. The summed E-state index contributed by atoms with van der Waals surface area (Å²) in [6.07, 6.45) is 0.477. The van der Waals surface area contributed by atoms with Crippen molar-refractivity contribution in [1.29, 1.82) is 0 Å². The van der Waals surface area contributed by atoms with Crippen LogP contribution >= 0.6 is 11.6 Å². The second kappa shape index (κ2) is 9.11. The van der Waals surface area contributed by atoms with Crippen molar-refractivity contribution in [3.8, 4) is 0 Å². The molecule has 3 aromatic carbocycles. The maximum atomic E-state index is 14.7. The van der Waals surface area contributed by atoms with E-state index in [-0.39, 0.29) is 34.7 Å². The summed E-state index contributed by atoms with van der Waals surface area (Å²) in [6, 6.07) is 19.9. The number of amides is 2. The minimum absolute atomic E-state index is 0.0411. The number of nitrogens with zero attached hydrogens (tertiary/aromatic N) is 2. The molecule has 0 aliphatic carbocycles. The van der Waals surface area contributed by atoms with E-state index in [4.69, 9.17) is 20.8 Å². The first-order valence-corrected chi connectivity index (χ1v) is 12.8. The third kappa shape index (κ3) is 3.35. The number of para-hydroxylation sites is 1. The maximum absolute atomic E-state index is 14.7. The zero-order valence-electron chi connectivity index (χ0n) is 21.0. The van der Waals surface area contributed by atoms with Crippen LogP contribution in [0.4, 0.5) is 5.69 Å². The quantitative estimate of drug-likeness (QED) is 0.328. The van der Waals surface area contributed by atoms with Gasteiger partial charge in [-0.3, -0.25) is 14.4 Å². The molecule has 0 radical (unpaired) electrons. The number of halogens is 1. The number of ether oxygens (including phenoxy) is 1. The Labute approximate surface area is 224 Å². The Hall–Kier alpha value is -3.94. The molecule has 1 spiro atoms. The van der Waals surface area contributed by atoms with Gasteiger partial charge in [-0.05, 0) is 48.7 Å². The third-order valence-electron chi connectivity index (χ3n) is 7.52. The summed E-state index contributed by atoms with van der Waals surface area (Å²) in [5.74, 6) is -0.964. The van der Waals surface area contributed by atoms with E-state index in [1.165, 1.54) is 11.0 Å². The number of anilines is 1. The fraction of sp³-hybridized carbons (Fsp3) is 0.233. The van der Waals surface area contributed by atoms with Gasteiger partial charge in [0.2, 0.25) is 5.76 Å². The summed E-state index contributed by atoms with van der Waals surface area (Å²) >= 11 is 6.23. The zero-order chi connectivity index (χ0) is 26.6. The smallest absolute Gasteiger partial charge is 0.291 e. The van der Waals surface area contributed by atoms with Crippen molar-refractivity contribution in [3.05, 3.63) is 110 Å². The molecule has 2 aliphatic heterocycles. The van der Waals surface area contributed by atoms with Gasteiger partial charge in [0.05, 0.1) is 23.2 Å². The van der Waals surface area contributed by atoms with Crippen molar-refractivity contribution in [2.45, 2.75) is 25.4 Å². The van der Waals surface area contributed by atoms with Crippen molar-refractivity contribution >= 4 is 40.1 Å². The van der Waals surface area contributed by atoms with Crippen LogP contribution < -0.4 is 10.3 Å². The molecule has 0 saturated carbocycles. The number of carbonyl (C=O) groups excluding carboxylic acids is 2. The van der Waals surface area contributed by atoms with Gasteiger partial charge in [0.15, 0.2) is 11.0 Å². The van der Waals surface area contributed by atoms with E-state index in [1.807, 2.05) is 55.5 Å². The Kier molecular flexibility index (Phi) is 5.85. The molecule has 0 N–H and O–H groups in total. The van der Waals surface area contributed by atoms with Crippen LogP contribution in [0, 0.1) is 6.92 Å². The van der Waals surface area contributed by atoms with Gasteiger partial charge in [-0.25, -0.2) is 0 Å². The van der Waals surface area contributed by atoms with Crippen molar-refractivity contribution in [1.82, 2.24) is 4.90 Å². The van der Waals surface area contributed by atoms with E-state index in [1.54, 1.807) is 24.1 Å². The molecule has 3 heterocycles. The molecule has 0 bridgehead atoms. The number of rotatable bonds is 6. The molecule has 4 aromatic rings. The van der Waals surface area contributed by atoms with E-state index in [0.717, 1.165) is 11.1 Å². The summed E-state index contributed by atoms with van der Waals surface area (Å²) in [5.41, 5.74) is 1.44. The van der Waals surface area contributed by atoms with Crippen LogP contribution in [-0.4, -0.2) is 37.0 Å². The summed E-state index contributed by atoms with van der Waals surface area (Å²) in [4.78, 5) is 45.9. The Balaban J connectivity index is 1.63. The molecule has 1 aromatic heterocycles. The molecule has 7 nitrogen and oxygen atoms in total. The number of fused-ring (bicyclic) bond motifs is 5. The maximum Gasteiger partial charge on any atom is 0.291 e. The minimum atomic E-state index is -1.66. The normalized spacial score (nSPS) is 18.1. The zero-order valence-corrected chi connectivity index (χ0v) is 21.7. The molecular weight excluding hydrogens is 504 g/mol. The number of aryl methyl sites for hydroxylation is 1. The Bertz CT molecular complexity index is 1680. The molecular formula is C30H25ClN2O5. The summed E-state index contributed by atoms with van der Waals surface area (Å²) < 4.78 is 11.3. The van der Waals surface area contributed by atoms with E-state index in [0.29, 0.717) is 35.8 Å². The third-order valence-corrected chi connectivity index (χ3v) is 7.75.